The number of carbonyl (C=O) groups is 1. The molecule has 0 aromatic carbocycles. The van der Waals surface area contributed by atoms with Gasteiger partial charge in [0.25, 0.3) is 0 Å². The quantitative estimate of drug-likeness (QED) is 0.428. The van der Waals surface area contributed by atoms with Gasteiger partial charge in [0, 0.05) is 20.6 Å². The molecule has 0 saturated carbocycles. The maximum atomic E-state index is 10.7. The summed E-state index contributed by atoms with van der Waals surface area (Å²) in [7, 11) is 1.66. The Kier molecular flexibility index (Phi) is 16.7. The van der Waals surface area contributed by atoms with Gasteiger partial charge >= 0.3 is 0 Å². The van der Waals surface area contributed by atoms with Crippen LogP contribution in [0.4, 0.5) is 0 Å². The van der Waals surface area contributed by atoms with Gasteiger partial charge in [-0.15, -0.1) is 0 Å². The van der Waals surface area contributed by atoms with E-state index < -0.39 is 0 Å². The number of amidine groups is 1. The Morgan fingerprint density at radius 1 is 1.40 bits per heavy atom. The second-order valence-corrected chi connectivity index (χ2v) is 4.37. The molecular weight excluding hydrogens is 256 g/mol. The largest absolute Gasteiger partial charge is 0.394 e. The number of allylic oxidation sites excluding steroid dienone is 1. The number of aliphatic hydroxyl groups excluding tert-OH is 1. The fraction of sp³-hybridized carbons (Fsp3) is 0.733. The zero-order valence-electron chi connectivity index (χ0n) is 13.5. The molecule has 0 heterocycles. The Labute approximate surface area is 123 Å². The molecule has 0 aromatic rings. The summed E-state index contributed by atoms with van der Waals surface area (Å²) in [6, 6.07) is 0. The minimum atomic E-state index is -0.0885. The second-order valence-electron chi connectivity index (χ2n) is 4.37. The molecule has 5 heteroatoms. The van der Waals surface area contributed by atoms with Gasteiger partial charge in [0.2, 0.25) is 5.91 Å². The van der Waals surface area contributed by atoms with E-state index in [1.54, 1.807) is 7.05 Å². The van der Waals surface area contributed by atoms with E-state index in [0.29, 0.717) is 18.4 Å². The van der Waals surface area contributed by atoms with Gasteiger partial charge in [0.1, 0.15) is 5.84 Å². The molecule has 0 saturated heterocycles. The van der Waals surface area contributed by atoms with Crippen molar-refractivity contribution >= 4 is 11.7 Å². The molecule has 0 spiro atoms. The van der Waals surface area contributed by atoms with Crippen LogP contribution in [0.1, 0.15) is 40.5 Å². The molecule has 2 N–H and O–H groups in total. The first kappa shape index (κ1) is 21.1. The standard InChI is InChI=1S/C10H18N2O.C5H12O2/c1-5-8(2)6-7-10(11-4)12-9(3)13;1-2-4-7-5-3-6/h6-8H,5H2,1-4H3,(H,11,12,13);6H,2-5H2,1H3/b7-6-;/t8-;/m1./s1. The van der Waals surface area contributed by atoms with Crippen LogP contribution in [0.3, 0.4) is 0 Å². The average molecular weight is 286 g/mol. The van der Waals surface area contributed by atoms with Gasteiger partial charge in [-0.25, -0.2) is 0 Å². The van der Waals surface area contributed by atoms with Crippen molar-refractivity contribution in [1.82, 2.24) is 5.32 Å². The van der Waals surface area contributed by atoms with E-state index in [2.05, 4.69) is 24.2 Å². The van der Waals surface area contributed by atoms with Crippen LogP contribution in [0.15, 0.2) is 17.1 Å². The number of aliphatic imine (C=N–C) groups is 1. The van der Waals surface area contributed by atoms with E-state index in [1.807, 2.05) is 19.1 Å². The maximum Gasteiger partial charge on any atom is 0.222 e. The molecule has 0 aliphatic carbocycles. The number of hydrogen-bond acceptors (Lipinski definition) is 4. The van der Waals surface area contributed by atoms with Crippen molar-refractivity contribution in [1.29, 1.82) is 0 Å². The van der Waals surface area contributed by atoms with Crippen molar-refractivity contribution in [2.75, 3.05) is 26.9 Å². The van der Waals surface area contributed by atoms with E-state index in [1.165, 1.54) is 6.92 Å². The highest BCUT2D eigenvalue weighted by atomic mass is 16.5. The number of nitrogens with one attached hydrogen (secondary N) is 1. The third-order valence-corrected chi connectivity index (χ3v) is 2.36. The molecule has 0 bridgehead atoms. The summed E-state index contributed by atoms with van der Waals surface area (Å²) >= 11 is 0. The number of rotatable bonds is 7. The number of aliphatic hydroxyl groups is 1. The first-order valence-electron chi connectivity index (χ1n) is 7.12. The molecule has 0 aliphatic rings. The summed E-state index contributed by atoms with van der Waals surface area (Å²) in [6.45, 7) is 9.14. The first-order valence-corrected chi connectivity index (χ1v) is 7.12. The highest BCUT2D eigenvalue weighted by Gasteiger charge is 1.96. The van der Waals surface area contributed by atoms with Crippen molar-refractivity contribution in [3.8, 4) is 0 Å². The monoisotopic (exact) mass is 286 g/mol. The van der Waals surface area contributed by atoms with E-state index in [4.69, 9.17) is 9.84 Å². The van der Waals surface area contributed by atoms with Crippen molar-refractivity contribution in [3.05, 3.63) is 12.2 Å². The SMILES string of the molecule is CCCOCCO.CC[C@@H](C)/C=C\C(=NC)NC(C)=O. The third-order valence-electron chi connectivity index (χ3n) is 2.36. The van der Waals surface area contributed by atoms with Crippen molar-refractivity contribution in [2.24, 2.45) is 10.9 Å². The number of ether oxygens (including phenoxy) is 1. The normalized spacial score (nSPS) is 12.8. The van der Waals surface area contributed by atoms with E-state index >= 15 is 0 Å². The van der Waals surface area contributed by atoms with Crippen LogP contribution in [0.5, 0.6) is 0 Å². The van der Waals surface area contributed by atoms with Crippen LogP contribution in [-0.4, -0.2) is 43.7 Å². The minimum Gasteiger partial charge on any atom is -0.394 e. The zero-order valence-corrected chi connectivity index (χ0v) is 13.5. The highest BCUT2D eigenvalue weighted by molar-refractivity contribution is 6.03. The van der Waals surface area contributed by atoms with Crippen molar-refractivity contribution in [2.45, 2.75) is 40.5 Å². The average Bonchev–Trinajstić information content (AvgIpc) is 2.44. The molecule has 0 radical (unpaired) electrons. The van der Waals surface area contributed by atoms with Crippen LogP contribution in [-0.2, 0) is 9.53 Å². The molecule has 118 valence electrons. The lowest BCUT2D eigenvalue weighted by Gasteiger charge is -2.02. The Hall–Kier alpha value is -1.20. The molecule has 0 aliphatic heterocycles. The second kappa shape index (κ2) is 15.9. The molecule has 0 rings (SSSR count). The number of hydrogen-bond donors (Lipinski definition) is 2. The fourth-order valence-electron chi connectivity index (χ4n) is 1.05. The molecule has 1 atom stereocenters. The van der Waals surface area contributed by atoms with Crippen LogP contribution < -0.4 is 5.32 Å². The maximum absolute atomic E-state index is 10.7. The predicted molar refractivity (Wildman–Crippen MR) is 84.0 cm³/mol. The molecule has 0 unspecified atom stereocenters. The van der Waals surface area contributed by atoms with Gasteiger partial charge in [-0.3, -0.25) is 9.79 Å². The van der Waals surface area contributed by atoms with E-state index in [-0.39, 0.29) is 12.5 Å². The zero-order chi connectivity index (χ0) is 15.8. The van der Waals surface area contributed by atoms with Gasteiger partial charge in [-0.05, 0) is 18.4 Å². The van der Waals surface area contributed by atoms with Crippen LogP contribution in [0.25, 0.3) is 0 Å². The fourth-order valence-corrected chi connectivity index (χ4v) is 1.05. The predicted octanol–water partition coefficient (Wildman–Crippen LogP) is 2.16. The van der Waals surface area contributed by atoms with Gasteiger partial charge in [0.05, 0.1) is 13.2 Å². The molecule has 5 nitrogen and oxygen atoms in total. The molecule has 20 heavy (non-hydrogen) atoms. The van der Waals surface area contributed by atoms with Gasteiger partial charge in [-0.1, -0.05) is 33.3 Å². The lowest BCUT2D eigenvalue weighted by atomic mass is 10.1. The van der Waals surface area contributed by atoms with E-state index in [9.17, 15) is 4.79 Å². The molecule has 0 aromatic heterocycles. The third kappa shape index (κ3) is 16.8. The number of nitrogens with zero attached hydrogens (tertiary/aromatic N) is 1. The summed E-state index contributed by atoms with van der Waals surface area (Å²) < 4.78 is 4.88. The van der Waals surface area contributed by atoms with Crippen molar-refractivity contribution in [3.63, 3.8) is 0 Å². The Morgan fingerprint density at radius 3 is 2.45 bits per heavy atom. The van der Waals surface area contributed by atoms with Crippen LogP contribution in [0, 0.1) is 5.92 Å². The van der Waals surface area contributed by atoms with Crippen LogP contribution >= 0.6 is 0 Å². The Balaban J connectivity index is 0. The Morgan fingerprint density at radius 2 is 2.05 bits per heavy atom. The first-order chi connectivity index (χ1) is 9.51. The smallest absolute Gasteiger partial charge is 0.222 e. The minimum absolute atomic E-state index is 0.0885. The molecule has 1 amide bonds. The van der Waals surface area contributed by atoms with Crippen molar-refractivity contribution < 1.29 is 14.6 Å². The lowest BCUT2D eigenvalue weighted by molar-refractivity contribution is -0.117. The van der Waals surface area contributed by atoms with Gasteiger partial charge in [-0.2, -0.15) is 0 Å². The summed E-state index contributed by atoms with van der Waals surface area (Å²) in [5, 5.41) is 10.8. The molecular formula is C15H30N2O3. The molecule has 0 fully saturated rings. The Bertz CT molecular complexity index is 285. The summed E-state index contributed by atoms with van der Waals surface area (Å²) in [4.78, 5) is 14.6. The van der Waals surface area contributed by atoms with Crippen LogP contribution in [0.2, 0.25) is 0 Å². The lowest BCUT2D eigenvalue weighted by Crippen LogP contribution is -2.26. The number of carbonyl (C=O) groups excluding carboxylic acids is 1. The van der Waals surface area contributed by atoms with E-state index in [0.717, 1.165) is 19.4 Å². The van der Waals surface area contributed by atoms with Gasteiger partial charge < -0.3 is 15.2 Å². The topological polar surface area (TPSA) is 70.9 Å². The highest BCUT2D eigenvalue weighted by Crippen LogP contribution is 2.01. The summed E-state index contributed by atoms with van der Waals surface area (Å²) in [5.41, 5.74) is 0. The van der Waals surface area contributed by atoms with Gasteiger partial charge in [0.15, 0.2) is 0 Å². The summed E-state index contributed by atoms with van der Waals surface area (Å²) in [6.07, 6.45) is 6.00. The summed E-state index contributed by atoms with van der Waals surface area (Å²) in [5.74, 6) is 1.05. The number of amides is 1.